The first-order valence-corrected chi connectivity index (χ1v) is 4.73. The molecule has 0 bridgehead atoms. The van der Waals surface area contributed by atoms with E-state index in [4.69, 9.17) is 4.74 Å². The van der Waals surface area contributed by atoms with Gasteiger partial charge in [0.1, 0.15) is 6.10 Å². The van der Waals surface area contributed by atoms with Crippen molar-refractivity contribution < 1.29 is 14.9 Å². The molecule has 3 nitrogen and oxygen atoms in total. The van der Waals surface area contributed by atoms with E-state index < -0.39 is 11.9 Å². The Morgan fingerprint density at radius 3 is 2.83 bits per heavy atom. The molecule has 2 N–H and O–H groups in total. The Kier molecular flexibility index (Phi) is 3.50. The normalized spacial score (nSPS) is 36.8. The van der Waals surface area contributed by atoms with E-state index >= 15 is 0 Å². The largest absolute Gasteiger partial charge is 0.388 e. The zero-order chi connectivity index (χ0) is 9.03. The smallest absolute Gasteiger partial charge is 0.191 e. The lowest BCUT2D eigenvalue weighted by molar-refractivity contribution is -0.270. The minimum Gasteiger partial charge on any atom is -0.388 e. The minimum absolute atomic E-state index is 0.521. The molecule has 0 amide bonds. The highest BCUT2D eigenvalue weighted by atomic mass is 16.6. The molecule has 1 aliphatic rings. The Hall–Kier alpha value is -0.120. The van der Waals surface area contributed by atoms with Crippen molar-refractivity contribution in [2.75, 3.05) is 6.61 Å². The Bertz CT molecular complexity index is 138. The highest BCUT2D eigenvalue weighted by Gasteiger charge is 2.38. The van der Waals surface area contributed by atoms with E-state index in [0.717, 1.165) is 19.3 Å². The van der Waals surface area contributed by atoms with E-state index in [1.165, 1.54) is 0 Å². The molecule has 1 fully saturated rings. The maximum atomic E-state index is 9.80. The van der Waals surface area contributed by atoms with Crippen LogP contribution in [0.2, 0.25) is 0 Å². The van der Waals surface area contributed by atoms with Gasteiger partial charge in [-0.05, 0) is 19.3 Å². The average Bonchev–Trinajstić information content (AvgIpc) is 2.07. The molecule has 0 aromatic carbocycles. The van der Waals surface area contributed by atoms with Crippen LogP contribution in [-0.2, 0) is 4.74 Å². The summed E-state index contributed by atoms with van der Waals surface area (Å²) in [6.07, 6.45) is 3.32. The molecule has 0 radical (unpaired) electrons. The van der Waals surface area contributed by atoms with Crippen LogP contribution in [0.1, 0.15) is 39.0 Å². The van der Waals surface area contributed by atoms with E-state index in [0.29, 0.717) is 19.4 Å². The molecule has 0 heterocycles. The van der Waals surface area contributed by atoms with Crippen LogP contribution >= 0.6 is 0 Å². The number of rotatable bonds is 3. The van der Waals surface area contributed by atoms with Crippen molar-refractivity contribution in [2.24, 2.45) is 0 Å². The van der Waals surface area contributed by atoms with Gasteiger partial charge < -0.3 is 14.9 Å². The predicted molar refractivity (Wildman–Crippen MR) is 45.7 cm³/mol. The fraction of sp³-hybridized carbons (Fsp3) is 1.00. The number of ether oxygens (including phenoxy) is 1. The lowest BCUT2D eigenvalue weighted by Gasteiger charge is -2.36. The van der Waals surface area contributed by atoms with Gasteiger partial charge in [-0.25, -0.2) is 0 Å². The fourth-order valence-electron chi connectivity index (χ4n) is 1.56. The molecule has 1 saturated carbocycles. The van der Waals surface area contributed by atoms with Crippen LogP contribution in [0.15, 0.2) is 0 Å². The summed E-state index contributed by atoms with van der Waals surface area (Å²) < 4.78 is 5.24. The summed E-state index contributed by atoms with van der Waals surface area (Å²) >= 11 is 0. The molecule has 0 spiro atoms. The summed E-state index contributed by atoms with van der Waals surface area (Å²) in [6.45, 7) is 2.51. The van der Waals surface area contributed by atoms with Gasteiger partial charge in [0.15, 0.2) is 5.79 Å². The van der Waals surface area contributed by atoms with Gasteiger partial charge in [0, 0.05) is 13.0 Å². The van der Waals surface area contributed by atoms with Crippen molar-refractivity contribution in [2.45, 2.75) is 50.9 Å². The standard InChI is InChI=1S/C9H18O3/c1-2-7-12-9(11)6-4-3-5-8(9)10/h8,10-11H,2-7H2,1H3. The van der Waals surface area contributed by atoms with E-state index in [2.05, 4.69) is 0 Å². The molecule has 1 aliphatic carbocycles. The SMILES string of the molecule is CCCOC1(O)CCCCC1O. The molecule has 2 atom stereocenters. The van der Waals surface area contributed by atoms with Crippen LogP contribution in [0, 0.1) is 0 Å². The summed E-state index contributed by atoms with van der Waals surface area (Å²) in [6, 6.07) is 0. The molecule has 0 aromatic heterocycles. The van der Waals surface area contributed by atoms with Gasteiger partial charge in [-0.2, -0.15) is 0 Å². The number of aliphatic hydroxyl groups excluding tert-OH is 1. The third kappa shape index (κ3) is 2.19. The first-order valence-electron chi connectivity index (χ1n) is 4.73. The lowest BCUT2D eigenvalue weighted by atomic mass is 9.91. The van der Waals surface area contributed by atoms with Crippen molar-refractivity contribution in [3.8, 4) is 0 Å². The van der Waals surface area contributed by atoms with E-state index in [9.17, 15) is 10.2 Å². The van der Waals surface area contributed by atoms with Gasteiger partial charge in [0.05, 0.1) is 0 Å². The summed E-state index contributed by atoms with van der Waals surface area (Å²) in [5.41, 5.74) is 0. The Balaban J connectivity index is 2.42. The highest BCUT2D eigenvalue weighted by Crippen LogP contribution is 2.29. The fourth-order valence-corrected chi connectivity index (χ4v) is 1.56. The monoisotopic (exact) mass is 174 g/mol. The lowest BCUT2D eigenvalue weighted by Crippen LogP contribution is -2.47. The second kappa shape index (κ2) is 4.21. The molecule has 0 saturated heterocycles. The summed E-state index contributed by atoms with van der Waals surface area (Å²) in [5.74, 6) is -1.26. The molecule has 12 heavy (non-hydrogen) atoms. The van der Waals surface area contributed by atoms with Crippen LogP contribution in [0.25, 0.3) is 0 Å². The number of hydrogen-bond acceptors (Lipinski definition) is 3. The molecular weight excluding hydrogens is 156 g/mol. The zero-order valence-electron chi connectivity index (χ0n) is 7.62. The second-order valence-corrected chi connectivity index (χ2v) is 3.45. The van der Waals surface area contributed by atoms with Crippen LogP contribution in [0.3, 0.4) is 0 Å². The van der Waals surface area contributed by atoms with Gasteiger partial charge in [-0.15, -0.1) is 0 Å². The van der Waals surface area contributed by atoms with Crippen LogP contribution in [-0.4, -0.2) is 28.7 Å². The first-order chi connectivity index (χ1) is 5.69. The van der Waals surface area contributed by atoms with Crippen LogP contribution in [0.4, 0.5) is 0 Å². The quantitative estimate of drug-likeness (QED) is 0.628. The van der Waals surface area contributed by atoms with Crippen LogP contribution in [0.5, 0.6) is 0 Å². The van der Waals surface area contributed by atoms with Crippen molar-refractivity contribution in [1.82, 2.24) is 0 Å². The Morgan fingerprint density at radius 1 is 1.50 bits per heavy atom. The summed E-state index contributed by atoms with van der Waals surface area (Å²) in [5, 5.41) is 19.3. The summed E-state index contributed by atoms with van der Waals surface area (Å²) in [7, 11) is 0. The Morgan fingerprint density at radius 2 is 2.25 bits per heavy atom. The minimum atomic E-state index is -1.26. The predicted octanol–water partition coefficient (Wildman–Crippen LogP) is 1.04. The van der Waals surface area contributed by atoms with Crippen molar-refractivity contribution in [3.05, 3.63) is 0 Å². The summed E-state index contributed by atoms with van der Waals surface area (Å²) in [4.78, 5) is 0. The second-order valence-electron chi connectivity index (χ2n) is 3.45. The Labute approximate surface area is 73.4 Å². The first kappa shape index (κ1) is 9.96. The van der Waals surface area contributed by atoms with E-state index in [1.54, 1.807) is 0 Å². The van der Waals surface area contributed by atoms with Crippen LogP contribution < -0.4 is 0 Å². The topological polar surface area (TPSA) is 49.7 Å². The zero-order valence-corrected chi connectivity index (χ0v) is 7.62. The molecule has 0 aromatic rings. The van der Waals surface area contributed by atoms with E-state index in [-0.39, 0.29) is 0 Å². The molecular formula is C9H18O3. The maximum absolute atomic E-state index is 9.80. The third-order valence-electron chi connectivity index (χ3n) is 2.34. The van der Waals surface area contributed by atoms with Gasteiger partial charge in [0.2, 0.25) is 0 Å². The molecule has 72 valence electrons. The van der Waals surface area contributed by atoms with Gasteiger partial charge >= 0.3 is 0 Å². The molecule has 3 heteroatoms. The molecule has 2 unspecified atom stereocenters. The number of aliphatic hydroxyl groups is 2. The van der Waals surface area contributed by atoms with Crippen molar-refractivity contribution in [1.29, 1.82) is 0 Å². The molecule has 0 aliphatic heterocycles. The van der Waals surface area contributed by atoms with Gasteiger partial charge in [-0.3, -0.25) is 0 Å². The van der Waals surface area contributed by atoms with Crippen molar-refractivity contribution >= 4 is 0 Å². The molecule has 1 rings (SSSR count). The third-order valence-corrected chi connectivity index (χ3v) is 2.34. The van der Waals surface area contributed by atoms with Gasteiger partial charge in [-0.1, -0.05) is 13.3 Å². The highest BCUT2D eigenvalue weighted by molar-refractivity contribution is 4.81. The van der Waals surface area contributed by atoms with Crippen molar-refractivity contribution in [3.63, 3.8) is 0 Å². The maximum Gasteiger partial charge on any atom is 0.191 e. The number of hydrogen-bond donors (Lipinski definition) is 2. The van der Waals surface area contributed by atoms with Gasteiger partial charge in [0.25, 0.3) is 0 Å². The average molecular weight is 174 g/mol. The van der Waals surface area contributed by atoms with E-state index in [1.807, 2.05) is 6.92 Å².